The van der Waals surface area contributed by atoms with Crippen LogP contribution in [0.3, 0.4) is 0 Å². The summed E-state index contributed by atoms with van der Waals surface area (Å²) in [5.41, 5.74) is -0.233. The van der Waals surface area contributed by atoms with Gasteiger partial charge in [-0.15, -0.1) is 0 Å². The predicted molar refractivity (Wildman–Crippen MR) is 69.3 cm³/mol. The Kier molecular flexibility index (Phi) is 3.83. The second-order valence-electron chi connectivity index (χ2n) is 4.90. The third-order valence-corrected chi connectivity index (χ3v) is 3.55. The van der Waals surface area contributed by atoms with Crippen LogP contribution in [0, 0.1) is 17.0 Å². The fraction of sp³-hybridized carbons (Fsp3) is 0.429. The van der Waals surface area contributed by atoms with Crippen molar-refractivity contribution in [3.05, 3.63) is 45.0 Å². The summed E-state index contributed by atoms with van der Waals surface area (Å²) < 4.78 is 39.0. The van der Waals surface area contributed by atoms with Gasteiger partial charge in [0.05, 0.1) is 10.5 Å². The first-order valence-electron chi connectivity index (χ1n) is 6.36. The average molecular weight is 285 g/mol. The summed E-state index contributed by atoms with van der Waals surface area (Å²) in [4.78, 5) is 10.1. The average Bonchev–Trinajstić information content (AvgIpc) is 2.38. The Morgan fingerprint density at radius 3 is 2.45 bits per heavy atom. The SMILES string of the molecule is Cc1c(C2=CCCCC2)cc([N+](=O)[O-])cc1C(F)(F)F. The molecule has 0 unspecified atom stereocenters. The van der Waals surface area contributed by atoms with Crippen LogP contribution < -0.4 is 0 Å². The predicted octanol–water partition coefficient (Wildman–Crippen LogP) is 4.88. The Balaban J connectivity index is 2.64. The molecule has 0 atom stereocenters. The Hall–Kier alpha value is -1.85. The van der Waals surface area contributed by atoms with Crippen molar-refractivity contribution in [3.8, 4) is 0 Å². The molecule has 0 aromatic heterocycles. The fourth-order valence-corrected chi connectivity index (χ4v) is 2.52. The molecular weight excluding hydrogens is 271 g/mol. The normalized spacial score (nSPS) is 15.9. The molecule has 6 heteroatoms. The van der Waals surface area contributed by atoms with Crippen LogP contribution in [0.4, 0.5) is 18.9 Å². The second-order valence-corrected chi connectivity index (χ2v) is 4.90. The number of nitrogens with zero attached hydrogens (tertiary/aromatic N) is 1. The summed E-state index contributed by atoms with van der Waals surface area (Å²) in [6.07, 6.45) is 0.673. The zero-order valence-electron chi connectivity index (χ0n) is 11.0. The molecule has 20 heavy (non-hydrogen) atoms. The summed E-state index contributed by atoms with van der Waals surface area (Å²) in [6, 6.07) is 1.87. The zero-order chi connectivity index (χ0) is 14.9. The van der Waals surface area contributed by atoms with E-state index in [1.54, 1.807) is 0 Å². The van der Waals surface area contributed by atoms with Gasteiger partial charge in [-0.3, -0.25) is 10.1 Å². The van der Waals surface area contributed by atoms with Gasteiger partial charge in [0.1, 0.15) is 0 Å². The third kappa shape index (κ3) is 2.84. The standard InChI is InChI=1S/C14H14F3NO2/c1-9-12(10-5-3-2-4-6-10)7-11(18(19)20)8-13(9)14(15,16)17/h5,7-8H,2-4,6H2,1H3. The van der Waals surface area contributed by atoms with Crippen LogP contribution in [0.2, 0.25) is 0 Å². The van der Waals surface area contributed by atoms with Crippen molar-refractivity contribution in [1.29, 1.82) is 0 Å². The van der Waals surface area contributed by atoms with Crippen LogP contribution in [-0.2, 0) is 6.18 Å². The molecule has 1 aromatic carbocycles. The van der Waals surface area contributed by atoms with Gasteiger partial charge in [-0.25, -0.2) is 0 Å². The van der Waals surface area contributed by atoms with Gasteiger partial charge in [0.2, 0.25) is 0 Å². The van der Waals surface area contributed by atoms with Crippen molar-refractivity contribution in [3.63, 3.8) is 0 Å². The van der Waals surface area contributed by atoms with E-state index in [1.165, 1.54) is 13.0 Å². The molecule has 0 saturated heterocycles. The quantitative estimate of drug-likeness (QED) is 0.574. The van der Waals surface area contributed by atoms with E-state index in [4.69, 9.17) is 0 Å². The van der Waals surface area contributed by atoms with Crippen molar-refractivity contribution in [1.82, 2.24) is 0 Å². The first-order chi connectivity index (χ1) is 9.30. The molecule has 2 rings (SSSR count). The Morgan fingerprint density at radius 2 is 1.95 bits per heavy atom. The number of hydrogen-bond acceptors (Lipinski definition) is 2. The molecule has 1 aliphatic rings. The lowest BCUT2D eigenvalue weighted by Gasteiger charge is -2.18. The number of benzene rings is 1. The van der Waals surface area contributed by atoms with Crippen LogP contribution >= 0.6 is 0 Å². The lowest BCUT2D eigenvalue weighted by molar-refractivity contribution is -0.385. The first-order valence-corrected chi connectivity index (χ1v) is 6.36. The zero-order valence-corrected chi connectivity index (χ0v) is 11.0. The number of halogens is 3. The van der Waals surface area contributed by atoms with Gasteiger partial charge in [-0.2, -0.15) is 13.2 Å². The highest BCUT2D eigenvalue weighted by molar-refractivity contribution is 5.72. The molecular formula is C14H14F3NO2. The van der Waals surface area contributed by atoms with E-state index in [0.717, 1.165) is 24.8 Å². The van der Waals surface area contributed by atoms with Gasteiger partial charge < -0.3 is 0 Å². The largest absolute Gasteiger partial charge is 0.416 e. The summed E-state index contributed by atoms with van der Waals surface area (Å²) in [5, 5.41) is 10.8. The number of nitro groups is 1. The lowest BCUT2D eigenvalue weighted by atomic mass is 9.89. The summed E-state index contributed by atoms with van der Waals surface area (Å²) in [6.45, 7) is 1.37. The molecule has 1 aromatic rings. The van der Waals surface area contributed by atoms with E-state index in [-0.39, 0.29) is 5.56 Å². The summed E-state index contributed by atoms with van der Waals surface area (Å²) in [5.74, 6) is 0. The van der Waals surface area contributed by atoms with Gasteiger partial charge in [-0.05, 0) is 49.3 Å². The molecule has 0 radical (unpaired) electrons. The maximum atomic E-state index is 13.0. The van der Waals surface area contributed by atoms with Gasteiger partial charge in [0.15, 0.2) is 0 Å². The van der Waals surface area contributed by atoms with Crippen molar-refractivity contribution >= 4 is 11.3 Å². The van der Waals surface area contributed by atoms with E-state index < -0.39 is 22.4 Å². The number of rotatable bonds is 2. The molecule has 108 valence electrons. The van der Waals surface area contributed by atoms with E-state index in [1.807, 2.05) is 6.08 Å². The van der Waals surface area contributed by atoms with Crippen molar-refractivity contribution in [2.75, 3.05) is 0 Å². The van der Waals surface area contributed by atoms with Gasteiger partial charge in [0.25, 0.3) is 5.69 Å². The Labute approximate surface area is 114 Å². The van der Waals surface area contributed by atoms with Gasteiger partial charge >= 0.3 is 6.18 Å². The molecule has 0 bridgehead atoms. The topological polar surface area (TPSA) is 43.1 Å². The first kappa shape index (κ1) is 14.6. The molecule has 0 fully saturated rings. The number of non-ortho nitro benzene ring substituents is 1. The monoisotopic (exact) mass is 285 g/mol. The minimum atomic E-state index is -4.58. The highest BCUT2D eigenvalue weighted by Gasteiger charge is 2.35. The Bertz CT molecular complexity index is 577. The van der Waals surface area contributed by atoms with Crippen molar-refractivity contribution in [2.45, 2.75) is 38.8 Å². The van der Waals surface area contributed by atoms with Crippen molar-refractivity contribution < 1.29 is 18.1 Å². The lowest BCUT2D eigenvalue weighted by Crippen LogP contribution is -2.10. The van der Waals surface area contributed by atoms with E-state index in [2.05, 4.69) is 0 Å². The number of nitro benzene ring substituents is 1. The van der Waals surface area contributed by atoms with Crippen LogP contribution in [-0.4, -0.2) is 4.92 Å². The van der Waals surface area contributed by atoms with E-state index >= 15 is 0 Å². The number of allylic oxidation sites excluding steroid dienone is 2. The molecule has 1 aliphatic carbocycles. The third-order valence-electron chi connectivity index (χ3n) is 3.55. The van der Waals surface area contributed by atoms with Crippen LogP contribution in [0.25, 0.3) is 5.57 Å². The van der Waals surface area contributed by atoms with Crippen LogP contribution in [0.15, 0.2) is 18.2 Å². The fourth-order valence-electron chi connectivity index (χ4n) is 2.52. The minimum Gasteiger partial charge on any atom is -0.258 e. The van der Waals surface area contributed by atoms with Gasteiger partial charge in [0, 0.05) is 12.1 Å². The maximum Gasteiger partial charge on any atom is 0.416 e. The van der Waals surface area contributed by atoms with Gasteiger partial charge in [-0.1, -0.05) is 6.08 Å². The van der Waals surface area contributed by atoms with Crippen molar-refractivity contribution in [2.24, 2.45) is 0 Å². The van der Waals surface area contributed by atoms with Crippen LogP contribution in [0.5, 0.6) is 0 Å². The molecule has 3 nitrogen and oxygen atoms in total. The summed E-state index contributed by atoms with van der Waals surface area (Å²) >= 11 is 0. The van der Waals surface area contributed by atoms with E-state index in [0.29, 0.717) is 18.1 Å². The Morgan fingerprint density at radius 1 is 1.25 bits per heavy atom. The molecule has 0 aliphatic heterocycles. The smallest absolute Gasteiger partial charge is 0.258 e. The molecule has 0 amide bonds. The van der Waals surface area contributed by atoms with E-state index in [9.17, 15) is 23.3 Å². The highest BCUT2D eigenvalue weighted by atomic mass is 19.4. The molecule has 0 spiro atoms. The van der Waals surface area contributed by atoms with Crippen LogP contribution in [0.1, 0.15) is 42.4 Å². The summed E-state index contributed by atoms with van der Waals surface area (Å²) in [7, 11) is 0. The second kappa shape index (κ2) is 5.26. The molecule has 0 heterocycles. The molecule has 0 N–H and O–H groups in total. The minimum absolute atomic E-state index is 0.0660. The number of alkyl halides is 3. The maximum absolute atomic E-state index is 13.0. The number of hydrogen-bond donors (Lipinski definition) is 0. The molecule has 0 saturated carbocycles. The highest BCUT2D eigenvalue weighted by Crippen LogP contribution is 2.39.